The van der Waals surface area contributed by atoms with E-state index in [1.807, 2.05) is 38.1 Å². The molecule has 0 saturated carbocycles. The molecule has 1 heterocycles. The van der Waals surface area contributed by atoms with Crippen molar-refractivity contribution in [3.05, 3.63) is 54.1 Å². The third-order valence-electron chi connectivity index (χ3n) is 5.15. The number of hydrogen-bond acceptors (Lipinski definition) is 5. The lowest BCUT2D eigenvalue weighted by Gasteiger charge is -2.25. The summed E-state index contributed by atoms with van der Waals surface area (Å²) in [5, 5.41) is 2.67. The summed E-state index contributed by atoms with van der Waals surface area (Å²) in [6.45, 7) is 5.77. The number of piperidine rings is 1. The Bertz CT molecular complexity index is 954. The average molecular weight is 463 g/mol. The molecule has 1 aliphatic rings. The standard InChI is InChI=1S/C23H30N2O4S2/c1-18-6-10-21(11-7-18)30-19(2)23(26)24-14-17-29-20-8-12-22(13-9-20)31(27,28)25-15-4-3-5-16-25/h6-13,19H,3-5,14-17H2,1-2H3,(H,24,26)/t19-/m0/s1. The van der Waals surface area contributed by atoms with Gasteiger partial charge in [-0.05, 0) is 63.1 Å². The van der Waals surface area contributed by atoms with Crippen LogP contribution in [0.2, 0.25) is 0 Å². The topological polar surface area (TPSA) is 75.7 Å². The number of thioether (sulfide) groups is 1. The molecular formula is C23H30N2O4S2. The molecular weight excluding hydrogens is 432 g/mol. The van der Waals surface area contributed by atoms with Crippen molar-refractivity contribution in [1.29, 1.82) is 0 Å². The van der Waals surface area contributed by atoms with Gasteiger partial charge in [0, 0.05) is 18.0 Å². The highest BCUT2D eigenvalue weighted by Crippen LogP contribution is 2.24. The van der Waals surface area contributed by atoms with E-state index in [-0.39, 0.29) is 16.1 Å². The van der Waals surface area contributed by atoms with Crippen molar-refractivity contribution >= 4 is 27.7 Å². The zero-order chi connectivity index (χ0) is 22.3. The lowest BCUT2D eigenvalue weighted by molar-refractivity contribution is -0.120. The number of ether oxygens (including phenoxy) is 1. The van der Waals surface area contributed by atoms with E-state index in [2.05, 4.69) is 5.32 Å². The zero-order valence-electron chi connectivity index (χ0n) is 18.0. The number of rotatable bonds is 9. The second-order valence-corrected chi connectivity index (χ2v) is 11.0. The van der Waals surface area contributed by atoms with Gasteiger partial charge in [0.05, 0.1) is 16.7 Å². The summed E-state index contributed by atoms with van der Waals surface area (Å²) in [4.78, 5) is 13.6. The van der Waals surface area contributed by atoms with E-state index >= 15 is 0 Å². The van der Waals surface area contributed by atoms with Crippen molar-refractivity contribution in [3.63, 3.8) is 0 Å². The van der Waals surface area contributed by atoms with Crippen molar-refractivity contribution in [2.24, 2.45) is 0 Å². The summed E-state index contributed by atoms with van der Waals surface area (Å²) in [6.07, 6.45) is 2.90. The first-order valence-corrected chi connectivity index (χ1v) is 12.9. The Morgan fingerprint density at radius 3 is 2.35 bits per heavy atom. The highest BCUT2D eigenvalue weighted by molar-refractivity contribution is 8.00. The molecule has 3 rings (SSSR count). The Labute approximate surface area is 189 Å². The van der Waals surface area contributed by atoms with Gasteiger partial charge >= 0.3 is 0 Å². The first-order valence-electron chi connectivity index (χ1n) is 10.6. The van der Waals surface area contributed by atoms with E-state index in [4.69, 9.17) is 4.74 Å². The molecule has 0 spiro atoms. The third kappa shape index (κ3) is 6.72. The summed E-state index contributed by atoms with van der Waals surface area (Å²) in [6, 6.07) is 14.6. The second-order valence-electron chi connectivity index (χ2n) is 7.65. The number of carbonyl (C=O) groups is 1. The summed E-state index contributed by atoms with van der Waals surface area (Å²) in [5.41, 5.74) is 1.19. The van der Waals surface area contributed by atoms with Crippen LogP contribution >= 0.6 is 11.8 Å². The van der Waals surface area contributed by atoms with Crippen LogP contribution in [-0.4, -0.2) is 50.1 Å². The van der Waals surface area contributed by atoms with Gasteiger partial charge in [0.15, 0.2) is 0 Å². The first-order chi connectivity index (χ1) is 14.9. The SMILES string of the molecule is Cc1ccc(S[C@@H](C)C(=O)NCCOc2ccc(S(=O)(=O)N3CCCCC3)cc2)cc1. The Morgan fingerprint density at radius 1 is 1.06 bits per heavy atom. The number of carbonyl (C=O) groups excluding carboxylic acids is 1. The molecule has 2 aromatic rings. The van der Waals surface area contributed by atoms with Gasteiger partial charge in [-0.3, -0.25) is 4.79 Å². The smallest absolute Gasteiger partial charge is 0.243 e. The second kappa shape index (κ2) is 11.0. The Kier molecular flexibility index (Phi) is 8.40. The third-order valence-corrected chi connectivity index (χ3v) is 8.17. The largest absolute Gasteiger partial charge is 0.492 e. The molecule has 31 heavy (non-hydrogen) atoms. The fraction of sp³-hybridized carbons (Fsp3) is 0.435. The summed E-state index contributed by atoms with van der Waals surface area (Å²) in [7, 11) is -3.43. The first kappa shape index (κ1) is 23.6. The van der Waals surface area contributed by atoms with Gasteiger partial charge in [-0.25, -0.2) is 8.42 Å². The number of benzene rings is 2. The van der Waals surface area contributed by atoms with Gasteiger partial charge in [-0.2, -0.15) is 4.31 Å². The molecule has 8 heteroatoms. The van der Waals surface area contributed by atoms with E-state index in [0.29, 0.717) is 32.0 Å². The summed E-state index contributed by atoms with van der Waals surface area (Å²) >= 11 is 1.52. The fourth-order valence-electron chi connectivity index (χ4n) is 3.32. The van der Waals surface area contributed by atoms with Crippen LogP contribution in [0.1, 0.15) is 31.7 Å². The Morgan fingerprint density at radius 2 is 1.71 bits per heavy atom. The van der Waals surface area contributed by atoms with Crippen LogP contribution in [-0.2, 0) is 14.8 Å². The van der Waals surface area contributed by atoms with Crippen LogP contribution in [0.4, 0.5) is 0 Å². The van der Waals surface area contributed by atoms with E-state index in [9.17, 15) is 13.2 Å². The van der Waals surface area contributed by atoms with Gasteiger partial charge in [-0.15, -0.1) is 11.8 Å². The summed E-state index contributed by atoms with van der Waals surface area (Å²) in [5.74, 6) is 0.533. The minimum atomic E-state index is -3.43. The maximum atomic E-state index is 12.7. The van der Waals surface area contributed by atoms with Crippen molar-refractivity contribution in [2.45, 2.75) is 48.2 Å². The molecule has 0 aliphatic carbocycles. The minimum absolute atomic E-state index is 0.0443. The quantitative estimate of drug-likeness (QED) is 0.453. The van der Waals surface area contributed by atoms with Crippen LogP contribution in [0.15, 0.2) is 58.3 Å². The van der Waals surface area contributed by atoms with Crippen molar-refractivity contribution in [1.82, 2.24) is 9.62 Å². The van der Waals surface area contributed by atoms with Gasteiger partial charge in [0.25, 0.3) is 0 Å². The molecule has 6 nitrogen and oxygen atoms in total. The molecule has 1 atom stereocenters. The average Bonchev–Trinajstić information content (AvgIpc) is 2.79. The number of aryl methyl sites for hydroxylation is 1. The van der Waals surface area contributed by atoms with E-state index in [1.165, 1.54) is 17.3 Å². The maximum absolute atomic E-state index is 12.7. The highest BCUT2D eigenvalue weighted by atomic mass is 32.2. The molecule has 1 aliphatic heterocycles. The molecule has 1 amide bonds. The zero-order valence-corrected chi connectivity index (χ0v) is 19.7. The molecule has 2 aromatic carbocycles. The molecule has 0 bridgehead atoms. The summed E-state index contributed by atoms with van der Waals surface area (Å²) < 4.78 is 32.6. The van der Waals surface area contributed by atoms with Crippen LogP contribution in [0.3, 0.4) is 0 Å². The van der Waals surface area contributed by atoms with Crippen LogP contribution < -0.4 is 10.1 Å². The van der Waals surface area contributed by atoms with Gasteiger partial charge in [-0.1, -0.05) is 24.1 Å². The highest BCUT2D eigenvalue weighted by Gasteiger charge is 2.25. The molecule has 0 radical (unpaired) electrons. The molecule has 1 N–H and O–H groups in total. The van der Waals surface area contributed by atoms with E-state index in [0.717, 1.165) is 24.2 Å². The Hall–Kier alpha value is -2.03. The number of nitrogens with zero attached hydrogens (tertiary/aromatic N) is 1. The normalized spacial score (nSPS) is 15.9. The van der Waals surface area contributed by atoms with Crippen molar-refractivity contribution < 1.29 is 17.9 Å². The fourth-order valence-corrected chi connectivity index (χ4v) is 5.73. The van der Waals surface area contributed by atoms with E-state index < -0.39 is 10.0 Å². The lowest BCUT2D eigenvalue weighted by atomic mass is 10.2. The van der Waals surface area contributed by atoms with Crippen molar-refractivity contribution in [2.75, 3.05) is 26.2 Å². The van der Waals surface area contributed by atoms with Gasteiger partial charge in [0.2, 0.25) is 15.9 Å². The maximum Gasteiger partial charge on any atom is 0.243 e. The van der Waals surface area contributed by atoms with Crippen LogP contribution in [0, 0.1) is 6.92 Å². The van der Waals surface area contributed by atoms with Crippen LogP contribution in [0.25, 0.3) is 0 Å². The number of nitrogens with one attached hydrogen (secondary N) is 1. The number of amides is 1. The number of hydrogen-bond donors (Lipinski definition) is 1. The minimum Gasteiger partial charge on any atom is -0.492 e. The van der Waals surface area contributed by atoms with Gasteiger partial charge in [0.1, 0.15) is 12.4 Å². The number of sulfonamides is 1. The van der Waals surface area contributed by atoms with Crippen LogP contribution in [0.5, 0.6) is 5.75 Å². The Balaban J connectivity index is 1.42. The molecule has 0 unspecified atom stereocenters. The predicted octanol–water partition coefficient (Wildman–Crippen LogP) is 3.85. The predicted molar refractivity (Wildman–Crippen MR) is 124 cm³/mol. The monoisotopic (exact) mass is 462 g/mol. The molecule has 0 aromatic heterocycles. The van der Waals surface area contributed by atoms with Gasteiger partial charge < -0.3 is 10.1 Å². The lowest BCUT2D eigenvalue weighted by Crippen LogP contribution is -2.35. The molecule has 1 fully saturated rings. The van der Waals surface area contributed by atoms with Crippen molar-refractivity contribution in [3.8, 4) is 5.75 Å². The van der Waals surface area contributed by atoms with E-state index in [1.54, 1.807) is 28.6 Å². The molecule has 1 saturated heterocycles. The molecule has 168 valence electrons.